The minimum Gasteiger partial charge on any atom is -0.395 e. The maximum atomic E-state index is 11.7. The Hall–Kier alpha value is -1.10. The number of hydrogen-bond donors (Lipinski definition) is 2. The van der Waals surface area contributed by atoms with Crippen molar-refractivity contribution in [2.24, 2.45) is 0 Å². The number of rotatable bonds is 5. The predicted octanol–water partition coefficient (Wildman–Crippen LogP) is 1.63. The average Bonchev–Trinajstić information content (AvgIpc) is 3.14. The number of halogens is 1. The molecular weight excluding hydrogens is 242 g/mol. The van der Waals surface area contributed by atoms with Gasteiger partial charge in [-0.1, -0.05) is 23.7 Å². The SMILES string of the molecule is O=C(ONC1CC1)C(CO)c1ccc(Cl)cc1. The highest BCUT2D eigenvalue weighted by Crippen LogP contribution is 2.21. The maximum Gasteiger partial charge on any atom is 0.334 e. The summed E-state index contributed by atoms with van der Waals surface area (Å²) in [5.74, 6) is -1.14. The normalized spacial score (nSPS) is 16.6. The van der Waals surface area contributed by atoms with E-state index in [1.807, 2.05) is 0 Å². The zero-order chi connectivity index (χ0) is 12.3. The number of benzene rings is 1. The van der Waals surface area contributed by atoms with E-state index in [2.05, 4.69) is 5.48 Å². The summed E-state index contributed by atoms with van der Waals surface area (Å²) in [6.45, 7) is -0.285. The van der Waals surface area contributed by atoms with Crippen LogP contribution in [0.15, 0.2) is 24.3 Å². The Bertz CT molecular complexity index is 389. The lowest BCUT2D eigenvalue weighted by Crippen LogP contribution is -2.27. The van der Waals surface area contributed by atoms with Crippen LogP contribution in [0.25, 0.3) is 0 Å². The van der Waals surface area contributed by atoms with Gasteiger partial charge in [-0.25, -0.2) is 4.79 Å². The first-order valence-electron chi connectivity index (χ1n) is 5.53. The van der Waals surface area contributed by atoms with Crippen LogP contribution < -0.4 is 5.48 Å². The van der Waals surface area contributed by atoms with Crippen LogP contribution in [0.5, 0.6) is 0 Å². The molecule has 5 heteroatoms. The molecule has 0 spiro atoms. The van der Waals surface area contributed by atoms with E-state index in [1.165, 1.54) is 0 Å². The molecule has 17 heavy (non-hydrogen) atoms. The first-order valence-corrected chi connectivity index (χ1v) is 5.91. The van der Waals surface area contributed by atoms with Crippen LogP contribution in [0, 0.1) is 0 Å². The predicted molar refractivity (Wildman–Crippen MR) is 63.5 cm³/mol. The molecule has 1 unspecified atom stereocenters. The van der Waals surface area contributed by atoms with Crippen molar-refractivity contribution in [2.45, 2.75) is 24.8 Å². The minimum absolute atomic E-state index is 0.281. The summed E-state index contributed by atoms with van der Waals surface area (Å²) in [5, 5.41) is 9.83. The van der Waals surface area contributed by atoms with Crippen molar-refractivity contribution in [3.63, 3.8) is 0 Å². The molecule has 0 bridgehead atoms. The lowest BCUT2D eigenvalue weighted by Gasteiger charge is -2.13. The highest BCUT2D eigenvalue weighted by Gasteiger charge is 2.26. The lowest BCUT2D eigenvalue weighted by atomic mass is 10.0. The van der Waals surface area contributed by atoms with E-state index >= 15 is 0 Å². The minimum atomic E-state index is -0.668. The molecule has 1 aliphatic rings. The van der Waals surface area contributed by atoms with Gasteiger partial charge in [-0.05, 0) is 30.5 Å². The third-order valence-corrected chi connectivity index (χ3v) is 2.89. The molecule has 1 aromatic carbocycles. The fraction of sp³-hybridized carbons (Fsp3) is 0.417. The van der Waals surface area contributed by atoms with Crippen molar-refractivity contribution in [1.29, 1.82) is 0 Å². The number of hydrogen-bond acceptors (Lipinski definition) is 4. The molecule has 0 radical (unpaired) electrons. The van der Waals surface area contributed by atoms with Gasteiger partial charge < -0.3 is 9.94 Å². The van der Waals surface area contributed by atoms with E-state index in [1.54, 1.807) is 24.3 Å². The second-order valence-electron chi connectivity index (χ2n) is 4.10. The van der Waals surface area contributed by atoms with Crippen LogP contribution in [-0.4, -0.2) is 23.7 Å². The van der Waals surface area contributed by atoms with Crippen LogP contribution in [0.3, 0.4) is 0 Å². The molecule has 0 heterocycles. The summed E-state index contributed by atoms with van der Waals surface area (Å²) in [5.41, 5.74) is 3.36. The Morgan fingerprint density at radius 3 is 2.65 bits per heavy atom. The van der Waals surface area contributed by atoms with Gasteiger partial charge in [-0.2, -0.15) is 5.48 Å². The molecule has 1 aromatic rings. The molecule has 0 aliphatic heterocycles. The molecule has 4 nitrogen and oxygen atoms in total. The van der Waals surface area contributed by atoms with Crippen LogP contribution in [-0.2, 0) is 9.63 Å². The van der Waals surface area contributed by atoms with Gasteiger partial charge in [0.2, 0.25) is 0 Å². The summed E-state index contributed by atoms with van der Waals surface area (Å²) in [7, 11) is 0. The summed E-state index contributed by atoms with van der Waals surface area (Å²) in [4.78, 5) is 16.6. The van der Waals surface area contributed by atoms with Crippen molar-refractivity contribution in [3.05, 3.63) is 34.9 Å². The molecule has 2 N–H and O–H groups in total. The third-order valence-electron chi connectivity index (χ3n) is 2.64. The summed E-state index contributed by atoms with van der Waals surface area (Å²) < 4.78 is 0. The van der Waals surface area contributed by atoms with E-state index in [-0.39, 0.29) is 12.6 Å². The topological polar surface area (TPSA) is 58.6 Å². The standard InChI is InChI=1S/C12H14ClNO3/c13-9-3-1-8(2-4-9)11(7-15)12(16)17-14-10-5-6-10/h1-4,10-11,14-15H,5-7H2. The fourth-order valence-corrected chi connectivity index (χ4v) is 1.55. The summed E-state index contributed by atoms with van der Waals surface area (Å²) >= 11 is 5.76. The Labute approximate surface area is 104 Å². The highest BCUT2D eigenvalue weighted by molar-refractivity contribution is 6.30. The van der Waals surface area contributed by atoms with Crippen LogP contribution in [0.1, 0.15) is 24.3 Å². The van der Waals surface area contributed by atoms with E-state index < -0.39 is 11.9 Å². The highest BCUT2D eigenvalue weighted by atomic mass is 35.5. The molecule has 1 atom stereocenters. The largest absolute Gasteiger partial charge is 0.395 e. The van der Waals surface area contributed by atoms with Gasteiger partial charge in [0.25, 0.3) is 0 Å². The number of carbonyl (C=O) groups excluding carboxylic acids is 1. The van der Waals surface area contributed by atoms with Gasteiger partial charge in [0.15, 0.2) is 0 Å². The van der Waals surface area contributed by atoms with Gasteiger partial charge >= 0.3 is 5.97 Å². The third kappa shape index (κ3) is 3.43. The first-order chi connectivity index (χ1) is 8.20. The molecule has 2 rings (SSSR count). The quantitative estimate of drug-likeness (QED) is 0.785. The number of aliphatic hydroxyl groups excluding tert-OH is 1. The number of hydroxylamine groups is 1. The van der Waals surface area contributed by atoms with E-state index in [0.29, 0.717) is 10.6 Å². The Balaban J connectivity index is 1.98. The smallest absolute Gasteiger partial charge is 0.334 e. The summed E-state index contributed by atoms with van der Waals surface area (Å²) in [6, 6.07) is 7.06. The van der Waals surface area contributed by atoms with Crippen LogP contribution in [0.4, 0.5) is 0 Å². The Morgan fingerprint density at radius 1 is 1.47 bits per heavy atom. The van der Waals surface area contributed by atoms with Gasteiger partial charge in [-0.3, -0.25) is 0 Å². The summed E-state index contributed by atoms with van der Waals surface area (Å²) in [6.07, 6.45) is 2.05. The van der Waals surface area contributed by atoms with E-state index in [4.69, 9.17) is 16.4 Å². The van der Waals surface area contributed by atoms with Gasteiger partial charge in [0.05, 0.1) is 6.61 Å². The Kier molecular flexibility index (Phi) is 3.99. The number of aliphatic hydroxyl groups is 1. The Morgan fingerprint density at radius 2 is 2.12 bits per heavy atom. The van der Waals surface area contributed by atoms with Crippen molar-refractivity contribution in [1.82, 2.24) is 5.48 Å². The molecule has 1 saturated carbocycles. The molecule has 1 aliphatic carbocycles. The van der Waals surface area contributed by atoms with Crippen molar-refractivity contribution < 1.29 is 14.7 Å². The van der Waals surface area contributed by atoms with Gasteiger partial charge in [0.1, 0.15) is 5.92 Å². The molecule has 92 valence electrons. The van der Waals surface area contributed by atoms with Crippen molar-refractivity contribution >= 4 is 17.6 Å². The molecule has 0 amide bonds. The maximum absolute atomic E-state index is 11.7. The number of nitrogens with one attached hydrogen (secondary N) is 1. The molecule has 0 aromatic heterocycles. The van der Waals surface area contributed by atoms with Crippen LogP contribution in [0.2, 0.25) is 5.02 Å². The van der Waals surface area contributed by atoms with Crippen molar-refractivity contribution in [2.75, 3.05) is 6.61 Å². The zero-order valence-corrected chi connectivity index (χ0v) is 9.98. The van der Waals surface area contributed by atoms with Gasteiger partial charge in [-0.15, -0.1) is 0 Å². The zero-order valence-electron chi connectivity index (χ0n) is 9.23. The van der Waals surface area contributed by atoms with E-state index in [9.17, 15) is 9.90 Å². The lowest BCUT2D eigenvalue weighted by molar-refractivity contribution is -0.154. The average molecular weight is 256 g/mol. The van der Waals surface area contributed by atoms with Crippen molar-refractivity contribution in [3.8, 4) is 0 Å². The van der Waals surface area contributed by atoms with Gasteiger partial charge in [0, 0.05) is 11.1 Å². The van der Waals surface area contributed by atoms with Crippen LogP contribution >= 0.6 is 11.6 Å². The second-order valence-corrected chi connectivity index (χ2v) is 4.54. The fourth-order valence-electron chi connectivity index (χ4n) is 1.42. The molecular formula is C12H14ClNO3. The first kappa shape index (κ1) is 12.4. The molecule has 1 fully saturated rings. The second kappa shape index (κ2) is 5.49. The molecule has 0 saturated heterocycles. The number of carbonyl (C=O) groups is 1. The monoisotopic (exact) mass is 255 g/mol. The van der Waals surface area contributed by atoms with E-state index in [0.717, 1.165) is 12.8 Å².